The average molecular weight is 221 g/mol. The highest BCUT2D eigenvalue weighted by atomic mass is 16.5. The van der Waals surface area contributed by atoms with E-state index in [2.05, 4.69) is 5.32 Å². The second-order valence-corrected chi connectivity index (χ2v) is 6.51. The Bertz CT molecular complexity index is 258. The SMILES string of the molecule is C1COCC(CNC2C3C4CCC(C4)C23)C1. The first-order valence-corrected chi connectivity index (χ1v) is 7.24. The Labute approximate surface area is 98.1 Å². The third-order valence-corrected chi connectivity index (χ3v) is 5.63. The summed E-state index contributed by atoms with van der Waals surface area (Å²) in [6, 6.07) is 0.910. The van der Waals surface area contributed by atoms with Crippen molar-refractivity contribution in [3.8, 4) is 0 Å². The summed E-state index contributed by atoms with van der Waals surface area (Å²) in [7, 11) is 0. The molecule has 0 aromatic heterocycles. The average Bonchev–Trinajstić information content (AvgIpc) is 2.72. The molecule has 4 fully saturated rings. The summed E-state index contributed by atoms with van der Waals surface area (Å²) in [5.41, 5.74) is 0. The molecule has 5 atom stereocenters. The van der Waals surface area contributed by atoms with Gasteiger partial charge in [0.15, 0.2) is 0 Å². The van der Waals surface area contributed by atoms with Crippen molar-refractivity contribution in [3.05, 3.63) is 0 Å². The van der Waals surface area contributed by atoms with Crippen molar-refractivity contribution in [2.45, 2.75) is 38.1 Å². The van der Waals surface area contributed by atoms with E-state index in [1.54, 1.807) is 6.42 Å². The van der Waals surface area contributed by atoms with E-state index >= 15 is 0 Å². The molecule has 2 nitrogen and oxygen atoms in total. The Balaban J connectivity index is 1.28. The molecule has 5 unspecified atom stereocenters. The van der Waals surface area contributed by atoms with E-state index in [9.17, 15) is 0 Å². The highest BCUT2D eigenvalue weighted by Crippen LogP contribution is 2.65. The number of hydrogen-bond donors (Lipinski definition) is 1. The van der Waals surface area contributed by atoms with Crippen molar-refractivity contribution in [2.75, 3.05) is 19.8 Å². The van der Waals surface area contributed by atoms with E-state index in [4.69, 9.17) is 4.74 Å². The minimum Gasteiger partial charge on any atom is -0.381 e. The number of hydrogen-bond acceptors (Lipinski definition) is 2. The molecule has 90 valence electrons. The molecule has 0 amide bonds. The van der Waals surface area contributed by atoms with Gasteiger partial charge in [-0.05, 0) is 61.7 Å². The molecule has 3 saturated carbocycles. The molecule has 0 aromatic carbocycles. The van der Waals surface area contributed by atoms with Gasteiger partial charge in [0.05, 0.1) is 6.61 Å². The first kappa shape index (κ1) is 9.90. The van der Waals surface area contributed by atoms with Crippen LogP contribution in [0.4, 0.5) is 0 Å². The summed E-state index contributed by atoms with van der Waals surface area (Å²) in [6.45, 7) is 3.22. The third kappa shape index (κ3) is 1.46. The van der Waals surface area contributed by atoms with Gasteiger partial charge in [0.25, 0.3) is 0 Å². The summed E-state index contributed by atoms with van der Waals surface area (Å²) in [5, 5.41) is 3.85. The molecule has 1 N–H and O–H groups in total. The first-order chi connectivity index (χ1) is 7.93. The Hall–Kier alpha value is -0.0800. The number of rotatable bonds is 3. The van der Waals surface area contributed by atoms with Gasteiger partial charge >= 0.3 is 0 Å². The largest absolute Gasteiger partial charge is 0.381 e. The highest BCUT2D eigenvalue weighted by molar-refractivity contribution is 5.16. The maximum Gasteiger partial charge on any atom is 0.0506 e. The Kier molecular flexibility index (Phi) is 2.29. The summed E-state index contributed by atoms with van der Waals surface area (Å²) in [4.78, 5) is 0. The topological polar surface area (TPSA) is 21.3 Å². The molecule has 4 rings (SSSR count). The van der Waals surface area contributed by atoms with Gasteiger partial charge in [-0.25, -0.2) is 0 Å². The second kappa shape index (κ2) is 3.71. The van der Waals surface area contributed by atoms with Crippen LogP contribution in [-0.4, -0.2) is 25.8 Å². The zero-order valence-electron chi connectivity index (χ0n) is 10.0. The predicted octanol–water partition coefficient (Wildman–Crippen LogP) is 2.05. The molecule has 16 heavy (non-hydrogen) atoms. The molecule has 3 aliphatic carbocycles. The van der Waals surface area contributed by atoms with Gasteiger partial charge in [-0.15, -0.1) is 0 Å². The van der Waals surface area contributed by atoms with Crippen LogP contribution in [0.1, 0.15) is 32.1 Å². The van der Waals surface area contributed by atoms with Crippen LogP contribution in [0.25, 0.3) is 0 Å². The fourth-order valence-corrected chi connectivity index (χ4v) is 4.87. The zero-order chi connectivity index (χ0) is 10.5. The van der Waals surface area contributed by atoms with Crippen LogP contribution in [0.15, 0.2) is 0 Å². The lowest BCUT2D eigenvalue weighted by Crippen LogP contribution is -2.32. The van der Waals surface area contributed by atoms with Crippen LogP contribution in [0.3, 0.4) is 0 Å². The summed E-state index contributed by atoms with van der Waals surface area (Å²) in [6.07, 6.45) is 7.30. The van der Waals surface area contributed by atoms with Crippen LogP contribution in [-0.2, 0) is 4.74 Å². The second-order valence-electron chi connectivity index (χ2n) is 6.51. The van der Waals surface area contributed by atoms with E-state index < -0.39 is 0 Å². The maximum atomic E-state index is 5.54. The Morgan fingerprint density at radius 3 is 2.56 bits per heavy atom. The van der Waals surface area contributed by atoms with E-state index in [1.807, 2.05) is 0 Å². The fraction of sp³-hybridized carbons (Fsp3) is 1.00. The zero-order valence-corrected chi connectivity index (χ0v) is 10.0. The quantitative estimate of drug-likeness (QED) is 0.787. The molecule has 4 aliphatic rings. The van der Waals surface area contributed by atoms with Gasteiger partial charge in [-0.2, -0.15) is 0 Å². The van der Waals surface area contributed by atoms with Crippen molar-refractivity contribution >= 4 is 0 Å². The molecule has 2 bridgehead atoms. The van der Waals surface area contributed by atoms with Gasteiger partial charge in [-0.3, -0.25) is 0 Å². The van der Waals surface area contributed by atoms with Crippen LogP contribution in [0.5, 0.6) is 0 Å². The molecular formula is C14H23NO. The van der Waals surface area contributed by atoms with Crippen LogP contribution >= 0.6 is 0 Å². The molecule has 0 spiro atoms. The van der Waals surface area contributed by atoms with E-state index in [-0.39, 0.29) is 0 Å². The van der Waals surface area contributed by atoms with Crippen molar-refractivity contribution in [1.82, 2.24) is 5.32 Å². The third-order valence-electron chi connectivity index (χ3n) is 5.63. The maximum absolute atomic E-state index is 5.54. The van der Waals surface area contributed by atoms with Crippen molar-refractivity contribution < 1.29 is 4.74 Å². The minimum absolute atomic E-state index is 0.799. The lowest BCUT2D eigenvalue weighted by Gasteiger charge is -2.23. The predicted molar refractivity (Wildman–Crippen MR) is 63.1 cm³/mol. The standard InChI is InChI=1S/C14H23NO/c1-2-9(8-16-5-1)7-15-14-12-10-3-4-11(6-10)13(12)14/h9-15H,1-8H2. The number of nitrogens with one attached hydrogen (secondary N) is 1. The molecule has 0 radical (unpaired) electrons. The van der Waals surface area contributed by atoms with Gasteiger partial charge in [0.1, 0.15) is 0 Å². The monoisotopic (exact) mass is 221 g/mol. The van der Waals surface area contributed by atoms with E-state index in [0.717, 1.165) is 48.8 Å². The van der Waals surface area contributed by atoms with E-state index in [1.165, 1.54) is 32.2 Å². The summed E-state index contributed by atoms with van der Waals surface area (Å²) in [5.74, 6) is 5.18. The molecule has 1 heterocycles. The minimum atomic E-state index is 0.799. The molecule has 2 heteroatoms. The smallest absolute Gasteiger partial charge is 0.0506 e. The first-order valence-electron chi connectivity index (χ1n) is 7.24. The molecular weight excluding hydrogens is 198 g/mol. The highest BCUT2D eigenvalue weighted by Gasteiger charge is 2.64. The lowest BCUT2D eigenvalue weighted by molar-refractivity contribution is 0.0543. The van der Waals surface area contributed by atoms with Gasteiger partial charge < -0.3 is 10.1 Å². The van der Waals surface area contributed by atoms with E-state index in [0.29, 0.717) is 0 Å². The van der Waals surface area contributed by atoms with Crippen molar-refractivity contribution in [1.29, 1.82) is 0 Å². The van der Waals surface area contributed by atoms with Gasteiger partial charge in [0.2, 0.25) is 0 Å². The van der Waals surface area contributed by atoms with Crippen LogP contribution in [0.2, 0.25) is 0 Å². The van der Waals surface area contributed by atoms with Gasteiger partial charge in [0, 0.05) is 19.2 Å². The van der Waals surface area contributed by atoms with Crippen molar-refractivity contribution in [3.63, 3.8) is 0 Å². The normalized spacial score (nSPS) is 54.0. The van der Waals surface area contributed by atoms with Gasteiger partial charge in [-0.1, -0.05) is 0 Å². The summed E-state index contributed by atoms with van der Waals surface area (Å²) < 4.78 is 5.54. The fourth-order valence-electron chi connectivity index (χ4n) is 4.87. The summed E-state index contributed by atoms with van der Waals surface area (Å²) >= 11 is 0. The number of ether oxygens (including phenoxy) is 1. The Morgan fingerprint density at radius 1 is 1.06 bits per heavy atom. The van der Waals surface area contributed by atoms with Crippen LogP contribution < -0.4 is 5.32 Å². The van der Waals surface area contributed by atoms with Crippen molar-refractivity contribution in [2.24, 2.45) is 29.6 Å². The number of fused-ring (bicyclic) bond motifs is 5. The molecule has 0 aromatic rings. The lowest BCUT2D eigenvalue weighted by atomic mass is 10.0. The van der Waals surface area contributed by atoms with Crippen LogP contribution in [0, 0.1) is 29.6 Å². The molecule has 1 aliphatic heterocycles. The molecule has 1 saturated heterocycles. The Morgan fingerprint density at radius 2 is 1.88 bits per heavy atom.